The Bertz CT molecular complexity index is 5460. The fraction of sp³-hybridized carbons (Fsp3) is 0.500. The molecular formula is C94H128N24O21S. The summed E-state index contributed by atoms with van der Waals surface area (Å²) >= 11 is 0.746. The van der Waals surface area contributed by atoms with Gasteiger partial charge in [-0.05, 0) is 105 Å². The van der Waals surface area contributed by atoms with Crippen molar-refractivity contribution in [3.05, 3.63) is 145 Å². The topological polar surface area (TPSA) is 671 Å². The van der Waals surface area contributed by atoms with E-state index in [4.69, 9.17) is 27.3 Å². The van der Waals surface area contributed by atoms with Gasteiger partial charge in [-0.1, -0.05) is 81.0 Å². The van der Waals surface area contributed by atoms with E-state index in [0.29, 0.717) is 57.0 Å². The molecule has 24 N–H and O–H groups in total. The summed E-state index contributed by atoms with van der Waals surface area (Å²) in [4.78, 5) is 271. The van der Waals surface area contributed by atoms with Gasteiger partial charge in [0, 0.05) is 131 Å². The number of nitrogens with one attached hydrogen (secondary N) is 15. The van der Waals surface area contributed by atoms with Crippen LogP contribution in [0.25, 0.3) is 21.8 Å². The number of guanidine groups is 1. The van der Waals surface area contributed by atoms with Crippen molar-refractivity contribution in [2.75, 3.05) is 71.5 Å². The number of carbonyl (C=O) groups is 17. The Morgan fingerprint density at radius 3 is 1.76 bits per heavy atom. The van der Waals surface area contributed by atoms with E-state index in [1.54, 1.807) is 80.8 Å². The van der Waals surface area contributed by atoms with Crippen LogP contribution in [0, 0.1) is 11.3 Å². The lowest BCUT2D eigenvalue weighted by Crippen LogP contribution is -2.61. The molecule has 4 fully saturated rings. The third-order valence-electron chi connectivity index (χ3n) is 25.0. The number of ether oxygens (including phenoxy) is 1. The average Bonchev–Trinajstić information content (AvgIpc) is 1.63. The quantitative estimate of drug-likeness (QED) is 0.00994. The van der Waals surface area contributed by atoms with E-state index in [-0.39, 0.29) is 115 Å². The number of phenols is 1. The lowest BCUT2D eigenvalue weighted by molar-refractivity contribution is -0.149. The average molecular weight is 1960 g/mol. The van der Waals surface area contributed by atoms with Crippen LogP contribution in [0.5, 0.6) is 5.75 Å². The first-order valence-corrected chi connectivity index (χ1v) is 47.7. The summed E-state index contributed by atoms with van der Waals surface area (Å²) in [7, 11) is 2.54. The van der Waals surface area contributed by atoms with E-state index in [0.717, 1.165) is 31.4 Å². The van der Waals surface area contributed by atoms with Crippen LogP contribution in [-0.4, -0.2) is 334 Å². The second-order valence-corrected chi connectivity index (χ2v) is 36.8. The summed E-state index contributed by atoms with van der Waals surface area (Å²) in [5.74, 6) is -18.4. The van der Waals surface area contributed by atoms with E-state index in [9.17, 15) is 53.7 Å². The number of benzene rings is 3. The molecule has 3 aromatic heterocycles. The zero-order valence-corrected chi connectivity index (χ0v) is 79.6. The summed E-state index contributed by atoms with van der Waals surface area (Å²) < 4.78 is 6.13. The minimum atomic E-state index is -1.92. The molecule has 0 radical (unpaired) electrons. The molecule has 45 nitrogen and oxygen atoms in total. The number of aliphatic hydroxyl groups excluding tert-OH is 2. The Morgan fingerprint density at radius 1 is 0.586 bits per heavy atom. The van der Waals surface area contributed by atoms with E-state index >= 15 is 43.2 Å². The van der Waals surface area contributed by atoms with Crippen molar-refractivity contribution in [1.82, 2.24) is 103 Å². The number of aromatic hydroxyl groups is 1. The highest BCUT2D eigenvalue weighted by atomic mass is 32.2. The highest BCUT2D eigenvalue weighted by Crippen LogP contribution is 2.30. The van der Waals surface area contributed by atoms with Crippen LogP contribution in [0.15, 0.2) is 123 Å². The number of aromatic nitrogens is 4. The molecule has 3 aromatic carbocycles. The number of amides is 17. The number of para-hydroxylation sites is 2. The number of rotatable bonds is 28. The van der Waals surface area contributed by atoms with E-state index in [1.165, 1.54) is 68.8 Å². The molecule has 17 amide bonds. The summed E-state index contributed by atoms with van der Waals surface area (Å²) in [6.45, 7) is 9.51. The molecule has 7 heterocycles. The first-order valence-electron chi connectivity index (χ1n) is 46.5. The fourth-order valence-electron chi connectivity index (χ4n) is 17.5. The minimum absolute atomic E-state index is 0.00253. The van der Waals surface area contributed by atoms with E-state index in [2.05, 4.69) is 91.6 Å². The number of imidazole rings is 1. The molecule has 140 heavy (non-hydrogen) atoms. The molecule has 0 saturated carbocycles. The predicted molar refractivity (Wildman–Crippen MR) is 513 cm³/mol. The van der Waals surface area contributed by atoms with Gasteiger partial charge >= 0.3 is 0 Å². The Balaban J connectivity index is 1.03. The highest BCUT2D eigenvalue weighted by molar-refractivity contribution is 8.00. The van der Waals surface area contributed by atoms with Gasteiger partial charge in [-0.15, -0.1) is 24.9 Å². The molecule has 4 aliphatic rings. The lowest BCUT2D eigenvalue weighted by atomic mass is 10.00. The van der Waals surface area contributed by atoms with Gasteiger partial charge in [0.1, 0.15) is 90.3 Å². The van der Waals surface area contributed by atoms with Crippen molar-refractivity contribution in [2.24, 2.45) is 23.1 Å². The maximum Gasteiger partial charge on any atom is 0.246 e. The largest absolute Gasteiger partial charge is 0.508 e. The number of hydrogen-bond donors (Lipinski definition) is 21. The van der Waals surface area contributed by atoms with Gasteiger partial charge in [-0.25, -0.2) is 4.98 Å². The Hall–Kier alpha value is -14.3. The van der Waals surface area contributed by atoms with Crippen LogP contribution < -0.4 is 75.7 Å². The number of thioether (sulfide) groups is 1. The second-order valence-electron chi connectivity index (χ2n) is 35.8. The number of fused-ring (bicyclic) bond motifs is 5. The number of nitrogens with zero attached hydrogens (tertiary/aromatic N) is 6. The smallest absolute Gasteiger partial charge is 0.246 e. The molecular weight excluding hydrogens is 1830 g/mol. The Labute approximate surface area is 812 Å². The second kappa shape index (κ2) is 51.4. The number of phenolic OH excluding ortho intramolecular Hbond substituents is 1. The molecule has 46 heteroatoms. The van der Waals surface area contributed by atoms with Gasteiger partial charge in [-0.3, -0.25) is 86.9 Å². The normalized spacial score (nSPS) is 25.2. The Kier molecular flexibility index (Phi) is 39.6. The number of primary amides is 2. The van der Waals surface area contributed by atoms with Gasteiger partial charge in [0.15, 0.2) is 5.96 Å². The first-order chi connectivity index (χ1) is 66.8. The summed E-state index contributed by atoms with van der Waals surface area (Å²) in [5.41, 5.74) is 19.7. The summed E-state index contributed by atoms with van der Waals surface area (Å²) in [5, 5.41) is 71.2. The van der Waals surface area contributed by atoms with Gasteiger partial charge in [-0.2, -0.15) is 0 Å². The van der Waals surface area contributed by atoms with Crippen molar-refractivity contribution in [1.29, 1.82) is 5.41 Å². The molecule has 756 valence electrons. The van der Waals surface area contributed by atoms with Crippen LogP contribution in [-0.2, 0) is 112 Å². The molecule has 10 rings (SSSR count). The molecule has 4 saturated heterocycles. The molecule has 0 aliphatic carbocycles. The molecule has 6 aromatic rings. The SMILES string of the molecule is C=CCCCC[C@H]1C(=O)N2C[C@@H](OCC=C)C[C@H]2C(=O)N[C@@H](CCCNC(=N)N)C(=O)N[C@H](C(=O)NCC(N)=O)CSCC(=O)N[C@@H](Cc2ccc(O)cc2)C(=O)N(C)[C@@H](C)C(=O)N[C@@H](CC(N)=O)C(=O)N2CCC[C@H]2C(=O)N[C@@H](Cc2cnc[nH]2)C(=O)N[C@@H](CC(C)C)C(=O)N2C[C@H](O)C[C@H]2C(=O)N[C@@H](Cc2c[nH]c3ccccc23)C(=O)N[C@@H](CO)C(=O)N[C@@H](Cc2c[nH]c3ccccc23)C(=O)N1C. The number of aliphatic hydroxyl groups is 2. The molecule has 0 bridgehead atoms. The Morgan fingerprint density at radius 2 is 1.15 bits per heavy atom. The number of allylic oxidation sites excluding steroid dienone is 1. The van der Waals surface area contributed by atoms with Gasteiger partial charge in [0.05, 0.1) is 50.5 Å². The number of carbonyl (C=O) groups excluding carboxylic acids is 17. The first kappa shape index (κ1) is 108. The van der Waals surface area contributed by atoms with Gasteiger partial charge in [0.25, 0.3) is 0 Å². The predicted octanol–water partition coefficient (Wildman–Crippen LogP) is -3.22. The number of hydrogen-bond acceptors (Lipinski definition) is 24. The van der Waals surface area contributed by atoms with Crippen molar-refractivity contribution in [2.45, 2.75) is 220 Å². The molecule has 0 spiro atoms. The zero-order valence-electron chi connectivity index (χ0n) is 78.8. The fourth-order valence-corrected chi connectivity index (χ4v) is 18.4. The molecule has 16 atom stereocenters. The standard InChI is InChI=1S/C94H128N24O21S/c1-8-10-11-12-24-74-93(138)118-46-59(139-32-9-2)39-76(118)88(133)106-64(23-17-30-100-94(97)98)82(127)113-72(81(126)103-44-78(96)123)48-140-49-79(124)105-68(34-53-26-28-57(120)29-27-53)89(134)114(6)52(5)80(125)109-70(40-77(95)122)91(136)116-31-18-25-73(116)86(131)108-66(37-56-43-99-50-104-56)84(129)110-67(33-51(3)4)92(137)117-45-58(121)38-75(117)87(132)107-65(35-54-41-101-62-21-15-13-19-60(54)62)83(128)112-71(47-119)85(130)111-69(90(135)115(74)7)36-55-42-102-63-22-16-14-20-61(55)63/h8-9,13-16,19-22,26-29,41-43,50-52,58-59,64-76,101-102,119-121H,1-2,10-12,17-18,23-25,30-40,44-49H2,3-7H3,(H2,95,122)(H2,96,123)(H,99,104)(H,103,126)(H,105,124)(H,106,133)(H,107,132)(H,108,131)(H,109,125)(H,110,129)(H,111,130)(H,112,128)(H,113,127)(H4,97,98,100)/t52-,58+,59-,64-,65-,66-,67-,68-,69-,70-,71-,72-,73-,74-,75-,76-/m0/s1. The number of unbranched alkanes of at least 4 members (excludes halogenated alkanes) is 2. The molecule has 0 unspecified atom stereocenters. The molecule has 4 aliphatic heterocycles. The van der Waals surface area contributed by atoms with Crippen molar-refractivity contribution in [3.63, 3.8) is 0 Å². The van der Waals surface area contributed by atoms with Crippen LogP contribution in [0.4, 0.5) is 0 Å². The van der Waals surface area contributed by atoms with Crippen LogP contribution in [0.1, 0.15) is 120 Å². The van der Waals surface area contributed by atoms with E-state index < -0.39 is 247 Å². The summed E-state index contributed by atoms with van der Waals surface area (Å²) in [6.07, 6.45) is 4.94. The third kappa shape index (κ3) is 29.6. The number of aromatic amines is 3. The third-order valence-corrected chi connectivity index (χ3v) is 26.0. The zero-order chi connectivity index (χ0) is 102. The maximum atomic E-state index is 16.0. The van der Waals surface area contributed by atoms with Crippen LogP contribution >= 0.6 is 11.8 Å². The lowest BCUT2D eigenvalue weighted by Gasteiger charge is -2.35. The van der Waals surface area contributed by atoms with Gasteiger partial charge < -0.3 is 135 Å². The van der Waals surface area contributed by atoms with E-state index in [1.807, 2.05) is 0 Å². The van der Waals surface area contributed by atoms with Crippen LogP contribution in [0.2, 0.25) is 0 Å². The van der Waals surface area contributed by atoms with Crippen LogP contribution in [0.3, 0.4) is 0 Å². The van der Waals surface area contributed by atoms with Crippen molar-refractivity contribution in [3.8, 4) is 5.75 Å². The number of H-pyrrole nitrogens is 3. The minimum Gasteiger partial charge on any atom is -0.508 e. The maximum absolute atomic E-state index is 16.0. The van der Waals surface area contributed by atoms with Crippen molar-refractivity contribution >= 4 is 140 Å². The monoisotopic (exact) mass is 1960 g/mol. The highest BCUT2D eigenvalue weighted by Gasteiger charge is 2.49. The van der Waals surface area contributed by atoms with Gasteiger partial charge in [0.2, 0.25) is 100 Å². The number of likely N-dealkylation sites (N-methyl/N-ethyl adjacent to an activating group) is 2. The summed E-state index contributed by atoms with van der Waals surface area (Å²) in [6, 6.07) is -2.77. The van der Waals surface area contributed by atoms with Crippen molar-refractivity contribution < 1.29 is 102 Å². The number of nitrogens with two attached hydrogens (primary N) is 3.